The number of carbonyl (C=O) groups excluding carboxylic acids is 1. The molecule has 126 valence electrons. The first-order valence-corrected chi connectivity index (χ1v) is 8.21. The third kappa shape index (κ3) is 4.73. The summed E-state index contributed by atoms with van der Waals surface area (Å²) >= 11 is 0. The van der Waals surface area contributed by atoms with Gasteiger partial charge in [0, 0.05) is 70.5 Å². The molecular weight excluding hydrogens is 304 g/mol. The van der Waals surface area contributed by atoms with Crippen molar-refractivity contribution in [3.63, 3.8) is 0 Å². The fourth-order valence-electron chi connectivity index (χ4n) is 2.73. The molecule has 0 saturated carbocycles. The van der Waals surface area contributed by atoms with Crippen LogP contribution < -0.4 is 5.32 Å². The maximum Gasteiger partial charge on any atom is 0.224 e. The van der Waals surface area contributed by atoms with Gasteiger partial charge >= 0.3 is 0 Å². The summed E-state index contributed by atoms with van der Waals surface area (Å²) < 4.78 is 0. The molecule has 1 fully saturated rings. The van der Waals surface area contributed by atoms with Crippen LogP contribution in [0, 0.1) is 0 Å². The number of nitrogens with one attached hydrogen (secondary N) is 1. The summed E-state index contributed by atoms with van der Waals surface area (Å²) in [6.07, 6.45) is 7.46. The first kappa shape index (κ1) is 16.3. The Morgan fingerprint density at radius 2 is 1.75 bits per heavy atom. The Kier molecular flexibility index (Phi) is 5.68. The van der Waals surface area contributed by atoms with Crippen LogP contribution in [0.2, 0.25) is 0 Å². The molecule has 1 amide bonds. The molecule has 1 aliphatic rings. The average Bonchev–Trinajstić information content (AvgIpc) is 2.64. The maximum absolute atomic E-state index is 12.3. The quantitative estimate of drug-likeness (QED) is 0.854. The van der Waals surface area contributed by atoms with Crippen LogP contribution in [0.3, 0.4) is 0 Å². The van der Waals surface area contributed by atoms with Crippen molar-refractivity contribution in [1.82, 2.24) is 24.8 Å². The molecule has 0 unspecified atom stereocenters. The second-order valence-corrected chi connectivity index (χ2v) is 5.76. The van der Waals surface area contributed by atoms with Crippen molar-refractivity contribution in [2.75, 3.05) is 38.0 Å². The Labute approximate surface area is 141 Å². The van der Waals surface area contributed by atoms with E-state index < -0.39 is 0 Å². The topological polar surface area (TPSA) is 74.2 Å². The van der Waals surface area contributed by atoms with Crippen LogP contribution in [0.25, 0.3) is 0 Å². The van der Waals surface area contributed by atoms with Crippen molar-refractivity contribution in [3.05, 3.63) is 48.5 Å². The third-order valence-electron chi connectivity index (χ3n) is 4.07. The highest BCUT2D eigenvalue weighted by Gasteiger charge is 2.20. The molecule has 2 aromatic rings. The van der Waals surface area contributed by atoms with Crippen LogP contribution in [-0.2, 0) is 11.3 Å². The van der Waals surface area contributed by atoms with Gasteiger partial charge in [-0.25, -0.2) is 9.97 Å². The van der Waals surface area contributed by atoms with E-state index >= 15 is 0 Å². The summed E-state index contributed by atoms with van der Waals surface area (Å²) in [5.74, 6) is 0.745. The molecule has 1 saturated heterocycles. The zero-order valence-corrected chi connectivity index (χ0v) is 13.6. The van der Waals surface area contributed by atoms with Gasteiger partial charge in [-0.05, 0) is 23.8 Å². The van der Waals surface area contributed by atoms with E-state index in [9.17, 15) is 4.79 Å². The zero-order valence-electron chi connectivity index (χ0n) is 13.6. The molecule has 24 heavy (non-hydrogen) atoms. The van der Waals surface area contributed by atoms with E-state index in [1.165, 1.54) is 5.56 Å². The summed E-state index contributed by atoms with van der Waals surface area (Å²) in [5.41, 5.74) is 1.26. The third-order valence-corrected chi connectivity index (χ3v) is 4.07. The summed E-state index contributed by atoms with van der Waals surface area (Å²) in [5, 5.41) is 3.07. The van der Waals surface area contributed by atoms with Gasteiger partial charge < -0.3 is 10.2 Å². The number of rotatable bonds is 6. The number of carbonyl (C=O) groups is 1. The van der Waals surface area contributed by atoms with Crippen molar-refractivity contribution in [1.29, 1.82) is 0 Å². The molecule has 0 atom stereocenters. The zero-order chi connectivity index (χ0) is 16.6. The lowest BCUT2D eigenvalue weighted by Gasteiger charge is -2.34. The first-order valence-electron chi connectivity index (χ1n) is 8.21. The van der Waals surface area contributed by atoms with Crippen LogP contribution in [0.1, 0.15) is 12.0 Å². The summed E-state index contributed by atoms with van der Waals surface area (Å²) in [7, 11) is 0. The summed E-state index contributed by atoms with van der Waals surface area (Å²) in [4.78, 5) is 28.8. The highest BCUT2D eigenvalue weighted by Crippen LogP contribution is 2.09. The minimum Gasteiger partial charge on any atom is -0.354 e. The lowest BCUT2D eigenvalue weighted by molar-refractivity contribution is -0.132. The minimum atomic E-state index is 0.182. The van der Waals surface area contributed by atoms with E-state index in [1.807, 2.05) is 29.4 Å². The maximum atomic E-state index is 12.3. The van der Waals surface area contributed by atoms with Crippen molar-refractivity contribution in [3.8, 4) is 0 Å². The number of piperazine rings is 1. The van der Waals surface area contributed by atoms with Crippen molar-refractivity contribution >= 4 is 11.9 Å². The van der Waals surface area contributed by atoms with E-state index in [4.69, 9.17) is 0 Å². The van der Waals surface area contributed by atoms with E-state index in [0.717, 1.165) is 32.7 Å². The van der Waals surface area contributed by atoms with E-state index in [0.29, 0.717) is 18.9 Å². The molecule has 0 aliphatic carbocycles. The van der Waals surface area contributed by atoms with Gasteiger partial charge in [-0.1, -0.05) is 0 Å². The second-order valence-electron chi connectivity index (χ2n) is 5.76. The average molecular weight is 326 g/mol. The molecule has 3 heterocycles. The van der Waals surface area contributed by atoms with Gasteiger partial charge in [-0.2, -0.15) is 0 Å². The standard InChI is InChI=1S/C17H22N6O/c24-16(4-9-21-17-19-5-1-6-20-17)23-12-10-22(11-13-23)14-15-2-7-18-8-3-15/h1-3,5-8H,4,9-14H2,(H,19,20,21). The predicted molar refractivity (Wildman–Crippen MR) is 91.2 cm³/mol. The van der Waals surface area contributed by atoms with Gasteiger partial charge in [-0.3, -0.25) is 14.7 Å². The summed E-state index contributed by atoms with van der Waals surface area (Å²) in [6.45, 7) is 4.85. The number of hydrogen-bond donors (Lipinski definition) is 1. The van der Waals surface area contributed by atoms with Crippen LogP contribution in [0.15, 0.2) is 43.0 Å². The van der Waals surface area contributed by atoms with Gasteiger partial charge in [0.25, 0.3) is 0 Å². The first-order chi connectivity index (χ1) is 11.8. The van der Waals surface area contributed by atoms with Crippen LogP contribution in [-0.4, -0.2) is 63.4 Å². The monoisotopic (exact) mass is 326 g/mol. The van der Waals surface area contributed by atoms with Gasteiger partial charge in [0.15, 0.2) is 0 Å². The number of pyridine rings is 1. The number of aromatic nitrogens is 3. The van der Waals surface area contributed by atoms with Crippen LogP contribution >= 0.6 is 0 Å². The molecule has 0 bridgehead atoms. The molecule has 7 nitrogen and oxygen atoms in total. The Morgan fingerprint density at radius 3 is 2.46 bits per heavy atom. The molecule has 3 rings (SSSR count). The minimum absolute atomic E-state index is 0.182. The Bertz CT molecular complexity index is 628. The lowest BCUT2D eigenvalue weighted by atomic mass is 10.2. The van der Waals surface area contributed by atoms with Crippen molar-refractivity contribution in [2.24, 2.45) is 0 Å². The van der Waals surface area contributed by atoms with Gasteiger partial charge in [0.05, 0.1) is 0 Å². The lowest BCUT2D eigenvalue weighted by Crippen LogP contribution is -2.48. The van der Waals surface area contributed by atoms with E-state index in [-0.39, 0.29) is 5.91 Å². The molecule has 1 N–H and O–H groups in total. The number of nitrogens with zero attached hydrogens (tertiary/aromatic N) is 5. The molecule has 2 aromatic heterocycles. The molecule has 0 radical (unpaired) electrons. The number of hydrogen-bond acceptors (Lipinski definition) is 6. The Morgan fingerprint density at radius 1 is 1.04 bits per heavy atom. The fourth-order valence-corrected chi connectivity index (χ4v) is 2.73. The molecule has 1 aliphatic heterocycles. The largest absolute Gasteiger partial charge is 0.354 e. The number of anilines is 1. The Hall–Kier alpha value is -2.54. The van der Waals surface area contributed by atoms with Crippen LogP contribution in [0.4, 0.5) is 5.95 Å². The van der Waals surface area contributed by atoms with Crippen molar-refractivity contribution in [2.45, 2.75) is 13.0 Å². The Balaban J connectivity index is 1.37. The van der Waals surface area contributed by atoms with Gasteiger partial charge in [0.1, 0.15) is 0 Å². The molecule has 0 aromatic carbocycles. The SMILES string of the molecule is O=C(CCNc1ncccn1)N1CCN(Cc2ccncc2)CC1. The second kappa shape index (κ2) is 8.35. The van der Waals surface area contributed by atoms with E-state index in [1.54, 1.807) is 18.5 Å². The fraction of sp³-hybridized carbons (Fsp3) is 0.412. The molecular formula is C17H22N6O. The normalized spacial score (nSPS) is 15.2. The number of amides is 1. The molecule has 7 heteroatoms. The summed E-state index contributed by atoms with van der Waals surface area (Å²) in [6, 6.07) is 5.84. The highest BCUT2D eigenvalue weighted by atomic mass is 16.2. The van der Waals surface area contributed by atoms with E-state index in [2.05, 4.69) is 25.2 Å². The van der Waals surface area contributed by atoms with Crippen LogP contribution in [0.5, 0.6) is 0 Å². The molecule has 0 spiro atoms. The van der Waals surface area contributed by atoms with Crippen molar-refractivity contribution < 1.29 is 4.79 Å². The van der Waals surface area contributed by atoms with Gasteiger partial charge in [0.2, 0.25) is 11.9 Å². The highest BCUT2D eigenvalue weighted by molar-refractivity contribution is 5.76. The van der Waals surface area contributed by atoms with Gasteiger partial charge in [-0.15, -0.1) is 0 Å². The smallest absolute Gasteiger partial charge is 0.224 e. The predicted octanol–water partition coefficient (Wildman–Crippen LogP) is 1.02.